The van der Waals surface area contributed by atoms with Crippen LogP contribution in [0.1, 0.15) is 18.5 Å². The van der Waals surface area contributed by atoms with Gasteiger partial charge in [0.15, 0.2) is 0 Å². The number of aromatic nitrogens is 2. The molecule has 1 heterocycles. The van der Waals surface area contributed by atoms with Crippen molar-refractivity contribution in [2.75, 3.05) is 11.1 Å². The van der Waals surface area contributed by atoms with Crippen molar-refractivity contribution in [3.63, 3.8) is 0 Å². The lowest BCUT2D eigenvalue weighted by Crippen LogP contribution is -2.11. The van der Waals surface area contributed by atoms with E-state index in [4.69, 9.17) is 0 Å². The molecule has 0 amide bonds. The first-order valence-electron chi connectivity index (χ1n) is 6.39. The summed E-state index contributed by atoms with van der Waals surface area (Å²) in [6.07, 6.45) is -0.557. The molecule has 114 valence electrons. The molecule has 1 atom stereocenters. The van der Waals surface area contributed by atoms with Gasteiger partial charge in [0.2, 0.25) is 0 Å². The normalized spacial score (nSPS) is 13.2. The van der Waals surface area contributed by atoms with Crippen LogP contribution in [0.4, 0.5) is 18.9 Å². The van der Waals surface area contributed by atoms with E-state index in [0.717, 1.165) is 17.3 Å². The van der Waals surface area contributed by atoms with Crippen molar-refractivity contribution in [3.05, 3.63) is 42.2 Å². The third kappa shape index (κ3) is 4.70. The topological polar surface area (TPSA) is 29.9 Å². The van der Waals surface area contributed by atoms with Gasteiger partial charge in [-0.3, -0.25) is 4.68 Å². The number of para-hydroxylation sites is 1. The van der Waals surface area contributed by atoms with Gasteiger partial charge in [0.25, 0.3) is 0 Å². The number of hydrogen-bond donors (Lipinski definition) is 1. The van der Waals surface area contributed by atoms with Gasteiger partial charge in [-0.1, -0.05) is 12.1 Å². The van der Waals surface area contributed by atoms with Crippen LogP contribution in [-0.2, 0) is 7.05 Å². The van der Waals surface area contributed by atoms with Crippen LogP contribution in [0.5, 0.6) is 0 Å². The van der Waals surface area contributed by atoms with E-state index in [1.807, 2.05) is 20.2 Å². The van der Waals surface area contributed by atoms with Crippen LogP contribution in [0.15, 0.2) is 41.6 Å². The van der Waals surface area contributed by atoms with Crippen LogP contribution in [0, 0.1) is 0 Å². The molecule has 0 fully saturated rings. The van der Waals surface area contributed by atoms with E-state index in [9.17, 15) is 13.2 Å². The largest absolute Gasteiger partial charge is 0.398 e. The van der Waals surface area contributed by atoms with Crippen LogP contribution in [0.2, 0.25) is 0 Å². The zero-order valence-corrected chi connectivity index (χ0v) is 12.5. The van der Waals surface area contributed by atoms with Crippen molar-refractivity contribution in [2.24, 2.45) is 7.05 Å². The molecule has 0 saturated carbocycles. The van der Waals surface area contributed by atoms with E-state index < -0.39 is 11.9 Å². The second-order valence-electron chi connectivity index (χ2n) is 4.71. The first-order chi connectivity index (χ1) is 9.85. The molecule has 1 unspecified atom stereocenters. The summed E-state index contributed by atoms with van der Waals surface area (Å²) in [6.45, 7) is 1.95. The molecule has 0 saturated heterocycles. The highest BCUT2D eigenvalue weighted by Crippen LogP contribution is 2.33. The predicted octanol–water partition coefficient (Wildman–Crippen LogP) is 4.25. The molecule has 0 aliphatic heterocycles. The van der Waals surface area contributed by atoms with Gasteiger partial charge >= 0.3 is 6.18 Å². The van der Waals surface area contributed by atoms with E-state index in [-0.39, 0.29) is 6.04 Å². The van der Waals surface area contributed by atoms with Gasteiger partial charge in [-0.2, -0.15) is 18.3 Å². The van der Waals surface area contributed by atoms with Crippen LogP contribution >= 0.6 is 11.8 Å². The highest BCUT2D eigenvalue weighted by atomic mass is 32.2. The van der Waals surface area contributed by atoms with Crippen molar-refractivity contribution < 1.29 is 13.2 Å². The fourth-order valence-corrected chi connectivity index (χ4v) is 2.63. The lowest BCUT2D eigenvalue weighted by molar-refractivity contribution is -0.105. The second-order valence-corrected chi connectivity index (χ2v) is 5.73. The molecule has 2 aromatic rings. The lowest BCUT2D eigenvalue weighted by Gasteiger charge is -2.17. The summed E-state index contributed by atoms with van der Waals surface area (Å²) in [5.41, 5.74) is 1.68. The number of rotatable bonds is 5. The molecule has 7 heteroatoms. The van der Waals surface area contributed by atoms with Crippen LogP contribution in [0.3, 0.4) is 0 Å². The van der Waals surface area contributed by atoms with Gasteiger partial charge in [-0.15, -0.1) is 11.8 Å². The number of halogens is 3. The third-order valence-corrected chi connectivity index (χ3v) is 4.01. The molecule has 0 bridgehead atoms. The molecule has 0 aliphatic rings. The standard InChI is InChI=1S/C14H16F3N3S/c1-10(11-7-18-20(2)8-11)19-12-5-3-4-6-13(12)21-9-14(15,16)17/h3-8,10,19H,9H2,1-2H3. The summed E-state index contributed by atoms with van der Waals surface area (Å²) in [5.74, 6) is -0.896. The molecule has 2 rings (SSSR count). The Morgan fingerprint density at radius 2 is 2.05 bits per heavy atom. The molecule has 0 aliphatic carbocycles. The highest BCUT2D eigenvalue weighted by Gasteiger charge is 2.27. The third-order valence-electron chi connectivity index (χ3n) is 2.88. The number of alkyl halides is 3. The maximum absolute atomic E-state index is 12.4. The monoisotopic (exact) mass is 315 g/mol. The SMILES string of the molecule is CC(Nc1ccccc1SCC(F)(F)F)c1cnn(C)c1. The van der Waals surface area contributed by atoms with E-state index in [2.05, 4.69) is 10.4 Å². The molecular weight excluding hydrogens is 299 g/mol. The quantitative estimate of drug-likeness (QED) is 0.837. The first kappa shape index (κ1) is 15.8. The van der Waals surface area contributed by atoms with Crippen molar-refractivity contribution in [3.8, 4) is 0 Å². The van der Waals surface area contributed by atoms with E-state index in [1.54, 1.807) is 35.1 Å². The Balaban J connectivity index is 2.09. The van der Waals surface area contributed by atoms with Crippen molar-refractivity contribution >= 4 is 17.4 Å². The van der Waals surface area contributed by atoms with Crippen molar-refractivity contribution in [2.45, 2.75) is 24.0 Å². The minimum Gasteiger partial charge on any atom is -0.377 e. The maximum Gasteiger partial charge on any atom is 0.398 e. The summed E-state index contributed by atoms with van der Waals surface area (Å²) >= 11 is 0.788. The number of aryl methyl sites for hydroxylation is 1. The van der Waals surface area contributed by atoms with E-state index in [0.29, 0.717) is 10.6 Å². The van der Waals surface area contributed by atoms with Gasteiger partial charge in [-0.25, -0.2) is 0 Å². The lowest BCUT2D eigenvalue weighted by atomic mass is 10.2. The Morgan fingerprint density at radius 3 is 2.67 bits per heavy atom. The summed E-state index contributed by atoms with van der Waals surface area (Å²) in [5, 5.41) is 7.33. The molecule has 3 nitrogen and oxygen atoms in total. The fourth-order valence-electron chi connectivity index (χ4n) is 1.85. The van der Waals surface area contributed by atoms with Gasteiger partial charge in [-0.05, 0) is 19.1 Å². The first-order valence-corrected chi connectivity index (χ1v) is 7.37. The molecule has 0 radical (unpaired) electrons. The summed E-state index contributed by atoms with van der Waals surface area (Å²) in [4.78, 5) is 0.588. The average molecular weight is 315 g/mol. The smallest absolute Gasteiger partial charge is 0.377 e. The molecule has 1 aromatic carbocycles. The Kier molecular flexibility index (Phi) is 4.82. The number of anilines is 1. The molecular formula is C14H16F3N3S. The highest BCUT2D eigenvalue weighted by molar-refractivity contribution is 7.99. The number of nitrogens with zero attached hydrogens (tertiary/aromatic N) is 2. The molecule has 21 heavy (non-hydrogen) atoms. The van der Waals surface area contributed by atoms with Gasteiger partial charge < -0.3 is 5.32 Å². The number of benzene rings is 1. The van der Waals surface area contributed by atoms with Crippen LogP contribution in [0.25, 0.3) is 0 Å². The van der Waals surface area contributed by atoms with Crippen molar-refractivity contribution in [1.29, 1.82) is 0 Å². The van der Waals surface area contributed by atoms with E-state index >= 15 is 0 Å². The summed E-state index contributed by atoms with van der Waals surface area (Å²) in [6, 6.07) is 6.97. The summed E-state index contributed by atoms with van der Waals surface area (Å²) in [7, 11) is 1.82. The Morgan fingerprint density at radius 1 is 1.33 bits per heavy atom. The van der Waals surface area contributed by atoms with Crippen LogP contribution < -0.4 is 5.32 Å². The maximum atomic E-state index is 12.4. The predicted molar refractivity (Wildman–Crippen MR) is 78.5 cm³/mol. The number of thioether (sulfide) groups is 1. The molecule has 0 spiro atoms. The zero-order valence-electron chi connectivity index (χ0n) is 11.7. The van der Waals surface area contributed by atoms with E-state index in [1.165, 1.54) is 0 Å². The Labute approximate surface area is 125 Å². The van der Waals surface area contributed by atoms with Crippen LogP contribution in [-0.4, -0.2) is 21.7 Å². The Bertz CT molecular complexity index is 595. The Hall–Kier alpha value is -1.63. The number of hydrogen-bond acceptors (Lipinski definition) is 3. The fraction of sp³-hybridized carbons (Fsp3) is 0.357. The average Bonchev–Trinajstić information content (AvgIpc) is 2.83. The van der Waals surface area contributed by atoms with Gasteiger partial charge in [0.05, 0.1) is 18.0 Å². The van der Waals surface area contributed by atoms with Gasteiger partial charge in [0.1, 0.15) is 0 Å². The zero-order chi connectivity index (χ0) is 15.5. The number of nitrogens with one attached hydrogen (secondary N) is 1. The second kappa shape index (κ2) is 6.43. The molecule has 1 N–H and O–H groups in total. The summed E-state index contributed by atoms with van der Waals surface area (Å²) < 4.78 is 38.7. The minimum atomic E-state index is -4.17. The minimum absolute atomic E-state index is 0.0358. The van der Waals surface area contributed by atoms with Gasteiger partial charge in [0, 0.05) is 29.4 Å². The van der Waals surface area contributed by atoms with Crippen molar-refractivity contribution in [1.82, 2.24) is 9.78 Å². The molecule has 1 aromatic heterocycles.